The van der Waals surface area contributed by atoms with E-state index < -0.39 is 0 Å². The van der Waals surface area contributed by atoms with Crippen LogP contribution in [0.5, 0.6) is 0 Å². The molecule has 1 unspecified atom stereocenters. The number of rotatable bonds is 2. The number of nitrogens with two attached hydrogens (primary N) is 2. The predicted octanol–water partition coefficient (Wildman–Crippen LogP) is 0.255. The average molecular weight is 351 g/mol. The topological polar surface area (TPSA) is 134 Å². The molecule has 0 saturated carbocycles. The van der Waals surface area contributed by atoms with Gasteiger partial charge in [0.15, 0.2) is 0 Å². The Morgan fingerprint density at radius 3 is 2.54 bits per heavy atom. The van der Waals surface area contributed by atoms with Crippen molar-refractivity contribution in [3.63, 3.8) is 0 Å². The lowest BCUT2D eigenvalue weighted by Gasteiger charge is -2.26. The second kappa shape index (κ2) is 5.63. The second-order valence-electron chi connectivity index (χ2n) is 6.37. The number of nitrogen functional groups attached to an aromatic ring is 2. The van der Waals surface area contributed by atoms with Crippen LogP contribution in [0.2, 0.25) is 0 Å². The zero-order valence-electron chi connectivity index (χ0n) is 13.9. The van der Waals surface area contributed by atoms with E-state index in [1.54, 1.807) is 0 Å². The first-order chi connectivity index (χ1) is 12.7. The minimum atomic E-state index is -0.0213. The Balaban J connectivity index is 1.47. The molecule has 3 aromatic rings. The minimum Gasteiger partial charge on any atom is -0.368 e. The molecule has 2 aromatic heterocycles. The third-order valence-corrected chi connectivity index (χ3v) is 4.76. The summed E-state index contributed by atoms with van der Waals surface area (Å²) < 4.78 is 8.05. The first-order valence-corrected chi connectivity index (χ1v) is 8.32. The van der Waals surface area contributed by atoms with Crippen LogP contribution in [0, 0.1) is 0 Å². The molecule has 2 aliphatic rings. The Bertz CT molecular complexity index is 937. The van der Waals surface area contributed by atoms with E-state index in [0.717, 1.165) is 17.0 Å². The molecule has 0 aliphatic carbocycles. The molecular formula is C16H17N9O. The van der Waals surface area contributed by atoms with E-state index in [2.05, 4.69) is 25.3 Å². The van der Waals surface area contributed by atoms with Gasteiger partial charge in [0.05, 0.1) is 24.4 Å². The number of ether oxygens (including phenoxy) is 1. The summed E-state index contributed by atoms with van der Waals surface area (Å²) in [5, 5.41) is 8.78. The number of fused-ring (bicyclic) bond motifs is 3. The van der Waals surface area contributed by atoms with Crippen LogP contribution >= 0.6 is 0 Å². The maximum Gasteiger partial charge on any atom is 0.232 e. The third-order valence-electron chi connectivity index (χ3n) is 4.76. The van der Waals surface area contributed by atoms with Crippen LogP contribution in [-0.2, 0) is 11.3 Å². The van der Waals surface area contributed by atoms with Crippen LogP contribution in [0.4, 0.5) is 17.8 Å². The van der Waals surface area contributed by atoms with Crippen LogP contribution in [-0.4, -0.2) is 49.1 Å². The lowest BCUT2D eigenvalue weighted by atomic mass is 10.1. The summed E-state index contributed by atoms with van der Waals surface area (Å²) in [6.45, 7) is 1.74. The SMILES string of the molecule is Nc1nc(N)nc(N2CC3OCc4c(-c5ccccc5)nnn4[C@@H]3C2)n1. The molecule has 1 saturated heterocycles. The maximum atomic E-state index is 6.08. The molecule has 10 nitrogen and oxygen atoms in total. The van der Waals surface area contributed by atoms with Crippen LogP contribution in [0.1, 0.15) is 11.7 Å². The summed E-state index contributed by atoms with van der Waals surface area (Å²) in [7, 11) is 0. The Labute approximate surface area is 148 Å². The van der Waals surface area contributed by atoms with Gasteiger partial charge in [0.1, 0.15) is 5.69 Å². The van der Waals surface area contributed by atoms with Gasteiger partial charge in [0.25, 0.3) is 0 Å². The highest BCUT2D eigenvalue weighted by atomic mass is 16.5. The van der Waals surface area contributed by atoms with Gasteiger partial charge >= 0.3 is 0 Å². The largest absolute Gasteiger partial charge is 0.368 e. The van der Waals surface area contributed by atoms with E-state index >= 15 is 0 Å². The van der Waals surface area contributed by atoms with Crippen molar-refractivity contribution in [2.24, 2.45) is 0 Å². The fraction of sp³-hybridized carbons (Fsp3) is 0.312. The van der Waals surface area contributed by atoms with Gasteiger partial charge in [-0.1, -0.05) is 35.5 Å². The second-order valence-corrected chi connectivity index (χ2v) is 6.37. The van der Waals surface area contributed by atoms with Crippen molar-refractivity contribution < 1.29 is 4.74 Å². The number of nitrogens with zero attached hydrogens (tertiary/aromatic N) is 7. The molecule has 0 spiro atoms. The van der Waals surface area contributed by atoms with E-state index in [1.807, 2.05) is 39.9 Å². The summed E-state index contributed by atoms with van der Waals surface area (Å²) in [6.07, 6.45) is -0.0213. The zero-order chi connectivity index (χ0) is 17.7. The van der Waals surface area contributed by atoms with Crippen LogP contribution in [0.3, 0.4) is 0 Å². The standard InChI is InChI=1S/C16H17N9O/c17-14-19-15(18)21-16(20-14)24-6-10-12(7-24)26-8-11-13(22-23-25(10)11)9-4-2-1-3-5-9/h1-5,10,12H,6-8H2,(H4,17,18,19,20,21)/t10-,12?/m1/s1. The first-order valence-electron chi connectivity index (χ1n) is 8.32. The van der Waals surface area contributed by atoms with Crippen molar-refractivity contribution in [3.8, 4) is 11.3 Å². The lowest BCUT2D eigenvalue weighted by molar-refractivity contribution is -0.00227. The van der Waals surface area contributed by atoms with Gasteiger partial charge in [-0.05, 0) is 0 Å². The number of benzene rings is 1. The van der Waals surface area contributed by atoms with Gasteiger partial charge in [-0.15, -0.1) is 5.10 Å². The average Bonchev–Trinajstić information content (AvgIpc) is 3.25. The van der Waals surface area contributed by atoms with E-state index in [0.29, 0.717) is 25.6 Å². The van der Waals surface area contributed by atoms with E-state index in [4.69, 9.17) is 16.2 Å². The molecule has 4 N–H and O–H groups in total. The summed E-state index contributed by atoms with van der Waals surface area (Å²) in [4.78, 5) is 14.2. The van der Waals surface area contributed by atoms with Crippen LogP contribution in [0.15, 0.2) is 30.3 Å². The van der Waals surface area contributed by atoms with Gasteiger partial charge in [0.2, 0.25) is 17.8 Å². The predicted molar refractivity (Wildman–Crippen MR) is 93.9 cm³/mol. The molecule has 4 heterocycles. The summed E-state index contributed by atoms with van der Waals surface area (Å²) in [5.41, 5.74) is 14.2. The van der Waals surface area contributed by atoms with Crippen molar-refractivity contribution in [2.45, 2.75) is 18.8 Å². The van der Waals surface area contributed by atoms with Crippen LogP contribution in [0.25, 0.3) is 11.3 Å². The molecule has 26 heavy (non-hydrogen) atoms. The quantitative estimate of drug-likeness (QED) is 0.666. The lowest BCUT2D eigenvalue weighted by Crippen LogP contribution is -2.32. The Morgan fingerprint density at radius 1 is 1.00 bits per heavy atom. The maximum absolute atomic E-state index is 6.08. The van der Waals surface area contributed by atoms with Gasteiger partial charge < -0.3 is 21.1 Å². The number of hydrogen-bond acceptors (Lipinski definition) is 9. The van der Waals surface area contributed by atoms with Gasteiger partial charge in [0, 0.05) is 18.7 Å². The highest BCUT2D eigenvalue weighted by Crippen LogP contribution is 2.35. The third kappa shape index (κ3) is 2.34. The molecule has 1 aromatic carbocycles. The van der Waals surface area contributed by atoms with Crippen molar-refractivity contribution in [2.75, 3.05) is 29.5 Å². The fourth-order valence-corrected chi connectivity index (χ4v) is 3.58. The first kappa shape index (κ1) is 15.0. The summed E-state index contributed by atoms with van der Waals surface area (Å²) in [5.74, 6) is 0.671. The minimum absolute atomic E-state index is 0.0213. The van der Waals surface area contributed by atoms with Gasteiger partial charge in [-0.25, -0.2) is 4.68 Å². The Hall–Kier alpha value is -3.27. The molecular weight excluding hydrogens is 334 g/mol. The Kier molecular flexibility index (Phi) is 3.25. The molecule has 5 rings (SSSR count). The van der Waals surface area contributed by atoms with Gasteiger partial charge in [-0.2, -0.15) is 15.0 Å². The monoisotopic (exact) mass is 351 g/mol. The van der Waals surface area contributed by atoms with Crippen molar-refractivity contribution in [3.05, 3.63) is 36.0 Å². The molecule has 1 fully saturated rings. The molecule has 0 amide bonds. The normalized spacial score (nSPS) is 21.5. The number of hydrogen-bond donors (Lipinski definition) is 2. The highest BCUT2D eigenvalue weighted by molar-refractivity contribution is 5.61. The Morgan fingerprint density at radius 2 is 1.77 bits per heavy atom. The molecule has 0 radical (unpaired) electrons. The highest BCUT2D eigenvalue weighted by Gasteiger charge is 2.41. The molecule has 2 atom stereocenters. The zero-order valence-corrected chi connectivity index (χ0v) is 13.9. The molecule has 132 valence electrons. The summed E-state index contributed by atoms with van der Waals surface area (Å²) in [6, 6.07) is 10.0. The fourth-order valence-electron chi connectivity index (χ4n) is 3.58. The number of aromatic nitrogens is 6. The smallest absolute Gasteiger partial charge is 0.232 e. The van der Waals surface area contributed by atoms with Crippen molar-refractivity contribution in [1.82, 2.24) is 29.9 Å². The molecule has 0 bridgehead atoms. The van der Waals surface area contributed by atoms with E-state index in [-0.39, 0.29) is 24.0 Å². The van der Waals surface area contributed by atoms with E-state index in [1.165, 1.54) is 0 Å². The van der Waals surface area contributed by atoms with Crippen molar-refractivity contribution in [1.29, 1.82) is 0 Å². The summed E-state index contributed by atoms with van der Waals surface area (Å²) >= 11 is 0. The van der Waals surface area contributed by atoms with Crippen molar-refractivity contribution >= 4 is 17.8 Å². The number of anilines is 3. The van der Waals surface area contributed by atoms with Crippen LogP contribution < -0.4 is 16.4 Å². The molecule has 10 heteroatoms. The van der Waals surface area contributed by atoms with E-state index in [9.17, 15) is 0 Å². The van der Waals surface area contributed by atoms with Gasteiger partial charge in [-0.3, -0.25) is 0 Å². The molecule has 2 aliphatic heterocycles.